The molecule has 0 amide bonds. The third kappa shape index (κ3) is 3.61. The molecule has 8 heteroatoms. The van der Waals surface area contributed by atoms with Crippen LogP contribution in [-0.2, 0) is 6.18 Å². The summed E-state index contributed by atoms with van der Waals surface area (Å²) in [4.78, 5) is 3.57. The normalized spacial score (nSPS) is 11.5. The lowest BCUT2D eigenvalue weighted by molar-refractivity contribution is -0.137. The molecule has 106 valence electrons. The minimum atomic E-state index is -4.59. The van der Waals surface area contributed by atoms with E-state index in [1.165, 1.54) is 12.1 Å². The van der Waals surface area contributed by atoms with Gasteiger partial charge in [-0.05, 0) is 24.3 Å². The van der Waals surface area contributed by atoms with E-state index < -0.39 is 28.6 Å². The van der Waals surface area contributed by atoms with Crippen LogP contribution in [-0.4, -0.2) is 4.98 Å². The molecule has 0 spiro atoms. The van der Waals surface area contributed by atoms with Crippen molar-refractivity contribution in [3.63, 3.8) is 0 Å². The first-order valence-electron chi connectivity index (χ1n) is 5.13. The molecule has 0 saturated heterocycles. The van der Waals surface area contributed by atoms with Crippen LogP contribution >= 0.6 is 27.5 Å². The van der Waals surface area contributed by atoms with Crippen molar-refractivity contribution in [2.75, 3.05) is 0 Å². The average molecular weight is 371 g/mol. The highest BCUT2D eigenvalue weighted by Gasteiger charge is 2.32. The minimum Gasteiger partial charge on any atom is -0.436 e. The lowest BCUT2D eigenvalue weighted by Crippen LogP contribution is -2.06. The van der Waals surface area contributed by atoms with Crippen molar-refractivity contribution in [3.8, 4) is 11.6 Å². The van der Waals surface area contributed by atoms with Crippen LogP contribution in [0.4, 0.5) is 17.6 Å². The summed E-state index contributed by atoms with van der Waals surface area (Å²) in [5, 5.41) is -0.396. The summed E-state index contributed by atoms with van der Waals surface area (Å²) in [5.41, 5.74) is -1.02. The molecule has 20 heavy (non-hydrogen) atoms. The van der Waals surface area contributed by atoms with Crippen LogP contribution in [0.2, 0.25) is 5.15 Å². The molecular formula is C12H5BrClF4NO. The minimum absolute atomic E-state index is 0.254. The molecule has 0 aliphatic rings. The molecule has 0 radical (unpaired) electrons. The molecule has 0 aliphatic carbocycles. The number of nitrogens with zero attached hydrogens (tertiary/aromatic N) is 1. The van der Waals surface area contributed by atoms with Gasteiger partial charge in [-0.15, -0.1) is 0 Å². The van der Waals surface area contributed by atoms with Crippen LogP contribution < -0.4 is 4.74 Å². The van der Waals surface area contributed by atoms with Crippen molar-refractivity contribution in [2.45, 2.75) is 6.18 Å². The third-order valence-corrected chi connectivity index (χ3v) is 2.89. The molecule has 2 aromatic rings. The second kappa shape index (κ2) is 5.57. The van der Waals surface area contributed by atoms with Gasteiger partial charge in [0.15, 0.2) is 11.6 Å². The molecule has 0 unspecified atom stereocenters. The van der Waals surface area contributed by atoms with Gasteiger partial charge < -0.3 is 4.74 Å². The molecular weight excluding hydrogens is 365 g/mol. The van der Waals surface area contributed by atoms with Crippen LogP contribution in [0, 0.1) is 5.82 Å². The van der Waals surface area contributed by atoms with E-state index in [9.17, 15) is 17.6 Å². The molecule has 0 N–H and O–H groups in total. The second-order valence-corrected chi connectivity index (χ2v) is 4.99. The van der Waals surface area contributed by atoms with Gasteiger partial charge >= 0.3 is 6.18 Å². The highest BCUT2D eigenvalue weighted by atomic mass is 79.9. The summed E-state index contributed by atoms with van der Waals surface area (Å²) in [6.07, 6.45) is -4.59. The van der Waals surface area contributed by atoms with Crippen molar-refractivity contribution in [1.82, 2.24) is 4.98 Å². The topological polar surface area (TPSA) is 22.1 Å². The first kappa shape index (κ1) is 15.1. The van der Waals surface area contributed by atoms with E-state index in [4.69, 9.17) is 16.3 Å². The standard InChI is InChI=1S/C12H5BrClF4NO/c13-7-1-2-9(8(15)5-7)20-11-4-6(12(16,17)18)3-10(14)19-11/h1-5H. The maximum atomic E-state index is 13.5. The van der Waals surface area contributed by atoms with Crippen molar-refractivity contribution in [3.05, 3.63) is 51.3 Å². The maximum absolute atomic E-state index is 13.5. The van der Waals surface area contributed by atoms with Crippen LogP contribution in [0.15, 0.2) is 34.8 Å². The van der Waals surface area contributed by atoms with Gasteiger partial charge in [-0.3, -0.25) is 0 Å². The lowest BCUT2D eigenvalue weighted by Gasteiger charge is -2.10. The second-order valence-electron chi connectivity index (χ2n) is 3.69. The zero-order chi connectivity index (χ0) is 14.9. The van der Waals surface area contributed by atoms with Crippen LogP contribution in [0.3, 0.4) is 0 Å². The van der Waals surface area contributed by atoms with Crippen LogP contribution in [0.5, 0.6) is 11.6 Å². The predicted octanol–water partition coefficient (Wildman–Crippen LogP) is 5.45. The number of alkyl halides is 3. The number of halogens is 6. The zero-order valence-electron chi connectivity index (χ0n) is 9.51. The largest absolute Gasteiger partial charge is 0.436 e. The number of hydrogen-bond acceptors (Lipinski definition) is 2. The Bertz CT molecular complexity index is 648. The Hall–Kier alpha value is -1.34. The number of hydrogen-bond donors (Lipinski definition) is 0. The number of benzene rings is 1. The third-order valence-electron chi connectivity index (χ3n) is 2.21. The summed E-state index contributed by atoms with van der Waals surface area (Å²) in [6.45, 7) is 0. The van der Waals surface area contributed by atoms with E-state index in [1.807, 2.05) is 0 Å². The number of aromatic nitrogens is 1. The zero-order valence-corrected chi connectivity index (χ0v) is 11.9. The number of rotatable bonds is 2. The Morgan fingerprint density at radius 1 is 1.15 bits per heavy atom. The molecule has 0 bridgehead atoms. The molecule has 2 nitrogen and oxygen atoms in total. The van der Waals surface area contributed by atoms with E-state index >= 15 is 0 Å². The quantitative estimate of drug-likeness (QED) is 0.518. The summed E-state index contributed by atoms with van der Waals surface area (Å²) >= 11 is 8.54. The fraction of sp³-hybridized carbons (Fsp3) is 0.0833. The fourth-order valence-corrected chi connectivity index (χ4v) is 1.89. The maximum Gasteiger partial charge on any atom is 0.416 e. The van der Waals surface area contributed by atoms with Crippen molar-refractivity contribution < 1.29 is 22.3 Å². The fourth-order valence-electron chi connectivity index (χ4n) is 1.36. The molecule has 0 aliphatic heterocycles. The molecule has 1 aromatic carbocycles. The lowest BCUT2D eigenvalue weighted by atomic mass is 10.2. The Labute approximate surface area is 124 Å². The van der Waals surface area contributed by atoms with Crippen LogP contribution in [0.1, 0.15) is 5.56 Å². The molecule has 2 rings (SSSR count). The van der Waals surface area contributed by atoms with Gasteiger partial charge in [0.1, 0.15) is 5.15 Å². The van der Waals surface area contributed by atoms with Crippen molar-refractivity contribution in [2.24, 2.45) is 0 Å². The molecule has 0 fully saturated rings. The molecule has 0 atom stereocenters. The molecule has 0 saturated carbocycles. The number of ether oxygens (including phenoxy) is 1. The SMILES string of the molecule is Fc1cc(Br)ccc1Oc1cc(C(F)(F)F)cc(Cl)n1. The summed E-state index contributed by atoms with van der Waals surface area (Å²) in [5.74, 6) is -1.43. The smallest absolute Gasteiger partial charge is 0.416 e. The van der Waals surface area contributed by atoms with Gasteiger partial charge in [0.05, 0.1) is 5.56 Å². The monoisotopic (exact) mass is 369 g/mol. The van der Waals surface area contributed by atoms with E-state index in [0.29, 0.717) is 16.6 Å². The first-order valence-corrected chi connectivity index (χ1v) is 6.30. The van der Waals surface area contributed by atoms with Gasteiger partial charge in [0, 0.05) is 10.5 Å². The first-order chi connectivity index (χ1) is 9.25. The van der Waals surface area contributed by atoms with Crippen LogP contribution in [0.25, 0.3) is 0 Å². The Morgan fingerprint density at radius 3 is 2.45 bits per heavy atom. The molecule has 1 aromatic heterocycles. The van der Waals surface area contributed by atoms with Gasteiger partial charge in [0.2, 0.25) is 5.88 Å². The van der Waals surface area contributed by atoms with Crippen molar-refractivity contribution in [1.29, 1.82) is 0 Å². The van der Waals surface area contributed by atoms with Gasteiger partial charge in [-0.1, -0.05) is 27.5 Å². The van der Waals surface area contributed by atoms with Crippen molar-refractivity contribution >= 4 is 27.5 Å². The van der Waals surface area contributed by atoms with E-state index in [2.05, 4.69) is 20.9 Å². The highest BCUT2D eigenvalue weighted by molar-refractivity contribution is 9.10. The van der Waals surface area contributed by atoms with Gasteiger partial charge in [0.25, 0.3) is 0 Å². The highest BCUT2D eigenvalue weighted by Crippen LogP contribution is 2.34. The summed E-state index contributed by atoms with van der Waals surface area (Å²) < 4.78 is 56.8. The summed E-state index contributed by atoms with van der Waals surface area (Å²) in [7, 11) is 0. The molecule has 1 heterocycles. The number of pyridine rings is 1. The average Bonchev–Trinajstić information content (AvgIpc) is 2.31. The predicted molar refractivity (Wildman–Crippen MR) is 68.4 cm³/mol. The van der Waals surface area contributed by atoms with E-state index in [0.717, 1.165) is 6.07 Å². The van der Waals surface area contributed by atoms with E-state index in [-0.39, 0.29) is 5.75 Å². The van der Waals surface area contributed by atoms with Gasteiger partial charge in [-0.2, -0.15) is 13.2 Å². The summed E-state index contributed by atoms with van der Waals surface area (Å²) in [6, 6.07) is 5.16. The van der Waals surface area contributed by atoms with Gasteiger partial charge in [-0.25, -0.2) is 9.37 Å². The van der Waals surface area contributed by atoms with E-state index in [1.54, 1.807) is 0 Å². The Balaban J connectivity index is 2.36. The Kier molecular flexibility index (Phi) is 4.19. The Morgan fingerprint density at radius 2 is 1.85 bits per heavy atom.